The number of benzene rings is 2. The van der Waals surface area contributed by atoms with E-state index in [9.17, 15) is 0 Å². The number of aryl methyl sites for hydroxylation is 1. The van der Waals surface area contributed by atoms with Gasteiger partial charge < -0.3 is 9.80 Å². The normalized spacial score (nSPS) is 8.59. The molecule has 0 N–H and O–H groups in total. The first-order chi connectivity index (χ1) is 9.43. The van der Waals surface area contributed by atoms with Crippen molar-refractivity contribution in [3.8, 4) is 0 Å². The summed E-state index contributed by atoms with van der Waals surface area (Å²) in [5, 5.41) is 0. The summed E-state index contributed by atoms with van der Waals surface area (Å²) in [6.07, 6.45) is 0. The molecule has 0 spiro atoms. The van der Waals surface area contributed by atoms with E-state index in [0.29, 0.717) is 0 Å². The van der Waals surface area contributed by atoms with Gasteiger partial charge in [0.15, 0.2) is 0 Å². The molecule has 2 rings (SSSR count). The Bertz CT molecular complexity index is 487. The van der Waals surface area contributed by atoms with Gasteiger partial charge in [-0.1, -0.05) is 43.4 Å². The number of anilines is 2. The predicted molar refractivity (Wildman–Crippen MR) is 97.5 cm³/mol. The molecule has 0 amide bonds. The van der Waals surface area contributed by atoms with Crippen molar-refractivity contribution in [2.75, 3.05) is 38.0 Å². The second kappa shape index (κ2) is 11.1. The van der Waals surface area contributed by atoms with E-state index >= 15 is 0 Å². The number of hydrogen-bond donors (Lipinski definition) is 0. The first kappa shape index (κ1) is 22.8. The Balaban J connectivity index is 0. The topological polar surface area (TPSA) is 6.48 Å². The van der Waals surface area contributed by atoms with E-state index < -0.39 is 0 Å². The monoisotopic (exact) mass is 292 g/mol. The van der Waals surface area contributed by atoms with E-state index in [1.165, 1.54) is 16.9 Å². The molecule has 0 aromatic heterocycles. The van der Waals surface area contributed by atoms with Crippen LogP contribution in [0.3, 0.4) is 0 Å². The minimum Gasteiger partial charge on any atom is -0.428 e. The van der Waals surface area contributed by atoms with Crippen molar-refractivity contribution < 1.29 is 18.9 Å². The maximum Gasteiger partial charge on any atom is 1.00 e. The Labute approximate surface area is 149 Å². The largest absolute Gasteiger partial charge is 1.00 e. The first-order valence-corrected chi connectivity index (χ1v) is 6.74. The van der Waals surface area contributed by atoms with E-state index in [2.05, 4.69) is 68.1 Å². The third kappa shape index (κ3) is 6.98. The van der Waals surface area contributed by atoms with Crippen molar-refractivity contribution in [2.24, 2.45) is 0 Å². The van der Waals surface area contributed by atoms with Gasteiger partial charge in [0, 0.05) is 19.8 Å². The van der Waals surface area contributed by atoms with Gasteiger partial charge in [-0.25, -0.2) is 0 Å². The van der Waals surface area contributed by atoms with Gasteiger partial charge >= 0.3 is 18.9 Å². The molecule has 0 heterocycles. The fourth-order valence-electron chi connectivity index (χ4n) is 2.01. The van der Waals surface area contributed by atoms with E-state index in [0.717, 1.165) is 5.56 Å². The molecule has 2 aromatic carbocycles. The fourth-order valence-corrected chi connectivity index (χ4v) is 2.01. The van der Waals surface area contributed by atoms with E-state index in [1.807, 2.05) is 32.3 Å². The van der Waals surface area contributed by atoms with Crippen LogP contribution in [0.2, 0.25) is 0 Å². The van der Waals surface area contributed by atoms with Crippen LogP contribution in [-0.2, 0) is 0 Å². The zero-order chi connectivity index (χ0) is 15.1. The van der Waals surface area contributed by atoms with Gasteiger partial charge in [-0.15, -0.1) is 6.07 Å². The molecule has 0 saturated heterocycles. The van der Waals surface area contributed by atoms with Crippen LogP contribution in [0.1, 0.15) is 18.6 Å². The fraction of sp³-hybridized carbons (Fsp3) is 0.316. The number of para-hydroxylation sites is 2. The van der Waals surface area contributed by atoms with E-state index in [1.54, 1.807) is 0 Å². The van der Waals surface area contributed by atoms with Crippen LogP contribution in [0.4, 0.5) is 11.4 Å². The maximum atomic E-state index is 3.90. The van der Waals surface area contributed by atoms with Crippen molar-refractivity contribution in [1.82, 2.24) is 0 Å². The van der Waals surface area contributed by atoms with Gasteiger partial charge in [0.1, 0.15) is 0 Å². The van der Waals surface area contributed by atoms with Crippen LogP contribution in [0.5, 0.6) is 0 Å². The zero-order valence-corrected chi connectivity index (χ0v) is 14.2. The van der Waals surface area contributed by atoms with Crippen molar-refractivity contribution >= 4 is 11.4 Å². The van der Waals surface area contributed by atoms with E-state index in [-0.39, 0.29) is 26.3 Å². The minimum atomic E-state index is 0. The third-order valence-electron chi connectivity index (χ3n) is 3.07. The predicted octanol–water partition coefficient (Wildman–Crippen LogP) is 1.64. The Kier molecular flexibility index (Phi) is 11.5. The molecule has 2 aromatic rings. The van der Waals surface area contributed by atoms with Crippen molar-refractivity contribution in [1.29, 1.82) is 0 Å². The quantitative estimate of drug-likeness (QED) is 0.613. The molecule has 0 aliphatic heterocycles. The standard InChI is InChI=1S/C9H13N.C9H12N.CH4.Li/c2*1-8-6-4-5-7-9(8)10(2)3;;/h4-7H,1-3H3;4-7H,1H2,2-3H3;1H4;/q;-1;;+1. The smallest absolute Gasteiger partial charge is 0.428 e. The summed E-state index contributed by atoms with van der Waals surface area (Å²) in [5.74, 6) is 0. The Hall–Kier alpha value is -1.49. The van der Waals surface area contributed by atoms with Gasteiger partial charge in [-0.3, -0.25) is 0 Å². The van der Waals surface area contributed by atoms with Crippen molar-refractivity contribution in [2.45, 2.75) is 14.4 Å². The van der Waals surface area contributed by atoms with E-state index in [4.69, 9.17) is 0 Å². The average Bonchev–Trinajstić information content (AvgIpc) is 2.40. The summed E-state index contributed by atoms with van der Waals surface area (Å²) in [6.45, 7) is 6.02. The molecule has 0 unspecified atom stereocenters. The number of rotatable bonds is 2. The molecular formula is C19H29LiN2. The maximum absolute atomic E-state index is 3.90. The molecule has 0 radical (unpaired) electrons. The average molecular weight is 292 g/mol. The molecule has 116 valence electrons. The summed E-state index contributed by atoms with van der Waals surface area (Å²) < 4.78 is 0. The zero-order valence-electron chi connectivity index (χ0n) is 14.2. The number of nitrogens with zero attached hydrogens (tertiary/aromatic N) is 2. The molecule has 0 atom stereocenters. The van der Waals surface area contributed by atoms with Crippen LogP contribution in [0.25, 0.3) is 0 Å². The Morgan fingerprint density at radius 3 is 1.45 bits per heavy atom. The molecule has 0 fully saturated rings. The SMILES string of the molecule is C.Cc1ccccc1N(C)C.[CH2-]c1ccccc1N(C)C.[Li+]. The Morgan fingerprint density at radius 2 is 1.14 bits per heavy atom. The molecule has 2 nitrogen and oxygen atoms in total. The summed E-state index contributed by atoms with van der Waals surface area (Å²) in [6, 6.07) is 16.4. The second-order valence-corrected chi connectivity index (χ2v) is 5.20. The van der Waals surface area contributed by atoms with Gasteiger partial charge in [0.25, 0.3) is 0 Å². The van der Waals surface area contributed by atoms with Gasteiger partial charge in [0.05, 0.1) is 0 Å². The second-order valence-electron chi connectivity index (χ2n) is 5.20. The van der Waals surface area contributed by atoms with Crippen LogP contribution >= 0.6 is 0 Å². The van der Waals surface area contributed by atoms with Gasteiger partial charge in [0.2, 0.25) is 0 Å². The molecule has 0 aliphatic rings. The number of hydrogen-bond acceptors (Lipinski definition) is 2. The van der Waals surface area contributed by atoms with Gasteiger partial charge in [-0.2, -0.15) is 18.6 Å². The molecule has 22 heavy (non-hydrogen) atoms. The summed E-state index contributed by atoms with van der Waals surface area (Å²) in [4.78, 5) is 4.18. The van der Waals surface area contributed by atoms with Crippen LogP contribution in [0, 0.1) is 13.8 Å². The molecule has 0 bridgehead atoms. The molecule has 0 aliphatic carbocycles. The van der Waals surface area contributed by atoms with Crippen LogP contribution in [0.15, 0.2) is 48.5 Å². The van der Waals surface area contributed by atoms with Crippen molar-refractivity contribution in [3.05, 3.63) is 66.6 Å². The minimum absolute atomic E-state index is 0. The van der Waals surface area contributed by atoms with Crippen LogP contribution in [-0.4, -0.2) is 28.2 Å². The summed E-state index contributed by atoms with van der Waals surface area (Å²) in [5.41, 5.74) is 4.88. The van der Waals surface area contributed by atoms with Crippen LogP contribution < -0.4 is 28.7 Å². The third-order valence-corrected chi connectivity index (χ3v) is 3.07. The molecular weight excluding hydrogens is 263 g/mol. The van der Waals surface area contributed by atoms with Gasteiger partial charge in [-0.05, 0) is 32.6 Å². The summed E-state index contributed by atoms with van der Waals surface area (Å²) >= 11 is 0. The van der Waals surface area contributed by atoms with Crippen molar-refractivity contribution in [3.63, 3.8) is 0 Å². The summed E-state index contributed by atoms with van der Waals surface area (Å²) in [7, 11) is 8.15. The molecule has 3 heteroatoms. The molecule has 0 saturated carbocycles. The first-order valence-electron chi connectivity index (χ1n) is 6.74. The Morgan fingerprint density at radius 1 is 0.727 bits per heavy atom.